The van der Waals surface area contributed by atoms with Crippen LogP contribution in [0.4, 0.5) is 24.5 Å². The van der Waals surface area contributed by atoms with E-state index in [4.69, 9.17) is 11.6 Å². The van der Waals surface area contributed by atoms with E-state index in [0.717, 1.165) is 51.8 Å². The Labute approximate surface area is 256 Å². The van der Waals surface area contributed by atoms with Crippen LogP contribution in [-0.4, -0.2) is 27.5 Å². The number of carbonyl (C=O) groups is 3. The van der Waals surface area contributed by atoms with Crippen molar-refractivity contribution in [2.45, 2.75) is 35.8 Å². The van der Waals surface area contributed by atoms with Crippen molar-refractivity contribution in [1.29, 1.82) is 0 Å². The van der Waals surface area contributed by atoms with Gasteiger partial charge in [0.25, 0.3) is 0 Å². The Bertz CT molecular complexity index is 1820. The maximum atomic E-state index is 13.9. The summed E-state index contributed by atoms with van der Waals surface area (Å²) in [6.07, 6.45) is -4.67. The third-order valence-electron chi connectivity index (χ3n) is 7.35. The van der Waals surface area contributed by atoms with Gasteiger partial charge in [-0.25, -0.2) is 4.90 Å². The number of aryl methyl sites for hydroxylation is 1. The predicted molar refractivity (Wildman–Crippen MR) is 159 cm³/mol. The second-order valence-electron chi connectivity index (χ2n) is 10.2. The first-order valence-corrected chi connectivity index (χ1v) is 15.1. The van der Waals surface area contributed by atoms with Gasteiger partial charge >= 0.3 is 11.0 Å². The number of fused-ring (bicyclic) bond motifs is 2. The Morgan fingerprint density at radius 1 is 0.977 bits per heavy atom. The van der Waals surface area contributed by atoms with Gasteiger partial charge in [0.15, 0.2) is 0 Å². The Morgan fingerprint density at radius 3 is 2.35 bits per heavy atom. The van der Waals surface area contributed by atoms with E-state index >= 15 is 0 Å². The van der Waals surface area contributed by atoms with Crippen molar-refractivity contribution < 1.29 is 27.6 Å². The number of nitrogens with zero attached hydrogens (tertiary/aromatic N) is 2. The largest absolute Gasteiger partial charge is 0.416 e. The predicted octanol–water partition coefficient (Wildman–Crippen LogP) is 6.32. The van der Waals surface area contributed by atoms with Gasteiger partial charge in [-0.2, -0.15) is 13.2 Å². The van der Waals surface area contributed by atoms with E-state index in [0.29, 0.717) is 26.2 Å². The molecule has 13 heteroatoms. The summed E-state index contributed by atoms with van der Waals surface area (Å²) >= 11 is 7.96. The quantitative estimate of drug-likeness (QED) is 0.257. The van der Waals surface area contributed by atoms with E-state index in [-0.39, 0.29) is 12.2 Å². The summed E-state index contributed by atoms with van der Waals surface area (Å²) in [6.45, 7) is 1.57. The fourth-order valence-electron chi connectivity index (χ4n) is 5.34. The zero-order valence-corrected chi connectivity index (χ0v) is 24.6. The van der Waals surface area contributed by atoms with Gasteiger partial charge in [-0.15, -0.1) is 0 Å². The van der Waals surface area contributed by atoms with E-state index in [1.165, 1.54) is 10.6 Å². The molecular formula is C30H21ClF3N3O4S2. The monoisotopic (exact) mass is 643 g/mol. The summed E-state index contributed by atoms with van der Waals surface area (Å²) in [5.74, 6) is -3.61. The molecule has 3 heterocycles. The molecule has 0 spiro atoms. The number of thioether (sulfide) groups is 1. The molecule has 1 fully saturated rings. The third-order valence-corrected chi connectivity index (χ3v) is 10.2. The van der Waals surface area contributed by atoms with E-state index in [1.54, 1.807) is 36.4 Å². The highest BCUT2D eigenvalue weighted by molar-refractivity contribution is 8.00. The molecule has 3 aromatic carbocycles. The topological polar surface area (TPSA) is 88.5 Å². The lowest BCUT2D eigenvalue weighted by molar-refractivity contribution is -0.137. The molecule has 43 heavy (non-hydrogen) atoms. The molecule has 1 N–H and O–H groups in total. The summed E-state index contributed by atoms with van der Waals surface area (Å²) in [6, 6.07) is 17.8. The molecular weight excluding hydrogens is 623 g/mol. The third kappa shape index (κ3) is 5.39. The van der Waals surface area contributed by atoms with Crippen LogP contribution < -0.4 is 15.1 Å². The van der Waals surface area contributed by atoms with Crippen molar-refractivity contribution >= 4 is 63.8 Å². The van der Waals surface area contributed by atoms with E-state index < -0.39 is 51.4 Å². The minimum absolute atomic E-state index is 0.187. The lowest BCUT2D eigenvalue weighted by atomic mass is 9.83. The van der Waals surface area contributed by atoms with Gasteiger partial charge in [-0.1, -0.05) is 70.6 Å². The lowest BCUT2D eigenvalue weighted by Gasteiger charge is -2.30. The first kappa shape index (κ1) is 29.2. The number of nitrogens with one attached hydrogen (secondary N) is 1. The van der Waals surface area contributed by atoms with Crippen LogP contribution in [-0.2, 0) is 27.1 Å². The van der Waals surface area contributed by atoms with Crippen LogP contribution in [0.15, 0.2) is 82.6 Å². The number of halogens is 4. The minimum Gasteiger partial charge on any atom is -0.325 e. The SMILES string of the molecule is Cc1ccc(NC(=O)Cn2c3c(sc2=O)[C@@H](c2ccc(Cl)cc2)C2C(=O)N(c4cccc(C(F)(F)F)c4)C(=O)C2S3)cc1. The van der Waals surface area contributed by atoms with E-state index in [9.17, 15) is 32.3 Å². The van der Waals surface area contributed by atoms with Crippen LogP contribution in [0.3, 0.4) is 0 Å². The van der Waals surface area contributed by atoms with Gasteiger partial charge in [-0.3, -0.25) is 23.7 Å². The highest BCUT2D eigenvalue weighted by Crippen LogP contribution is 2.54. The maximum absolute atomic E-state index is 13.9. The van der Waals surface area contributed by atoms with Crippen LogP contribution in [0.2, 0.25) is 5.02 Å². The molecule has 6 rings (SSSR count). The Kier molecular flexibility index (Phi) is 7.47. The standard InChI is InChI=1S/C30H21ClF3N3O4S2/c1-15-5-11-19(12-6-15)35-21(38)14-36-28-25(43-29(36)41)22(16-7-9-18(31)10-8-16)23-24(42-28)27(40)37(26(23)39)20-4-2-3-17(13-20)30(32,33)34/h2-13,22-24H,14H2,1H3,(H,35,38)/t22-,23?,24?/m0/s1. The van der Waals surface area contributed by atoms with Crippen LogP contribution in [0.5, 0.6) is 0 Å². The minimum atomic E-state index is -4.67. The first-order chi connectivity index (χ1) is 20.4. The van der Waals surface area contributed by atoms with Crippen LogP contribution in [0.1, 0.15) is 27.5 Å². The van der Waals surface area contributed by atoms with Crippen molar-refractivity contribution in [2.24, 2.45) is 5.92 Å². The molecule has 0 aliphatic carbocycles. The van der Waals surface area contributed by atoms with Crippen molar-refractivity contribution in [3.63, 3.8) is 0 Å². The summed E-state index contributed by atoms with van der Waals surface area (Å²) < 4.78 is 41.7. The van der Waals surface area contributed by atoms with E-state index in [2.05, 4.69) is 5.32 Å². The molecule has 3 amide bonds. The van der Waals surface area contributed by atoms with Gasteiger partial charge < -0.3 is 5.32 Å². The number of hydrogen-bond donors (Lipinski definition) is 1. The molecule has 220 valence electrons. The number of alkyl halides is 3. The van der Waals surface area contributed by atoms with Gasteiger partial charge in [0, 0.05) is 21.5 Å². The van der Waals surface area contributed by atoms with Gasteiger partial charge in [0.2, 0.25) is 17.7 Å². The molecule has 2 aliphatic heterocycles. The number of thiazole rings is 1. The Hall–Kier alpha value is -3.87. The molecule has 7 nitrogen and oxygen atoms in total. The maximum Gasteiger partial charge on any atom is 0.416 e. The fraction of sp³-hybridized carbons (Fsp3) is 0.200. The number of hydrogen-bond acceptors (Lipinski definition) is 6. The second kappa shape index (κ2) is 11.0. The van der Waals surface area contributed by atoms with E-state index in [1.807, 2.05) is 19.1 Å². The fourth-order valence-corrected chi connectivity index (χ4v) is 8.24. The summed E-state index contributed by atoms with van der Waals surface area (Å²) in [7, 11) is 0. The average molecular weight is 644 g/mol. The van der Waals surface area contributed by atoms with Crippen molar-refractivity contribution in [3.8, 4) is 0 Å². The number of carbonyl (C=O) groups excluding carboxylic acids is 3. The molecule has 0 radical (unpaired) electrons. The molecule has 0 bridgehead atoms. The summed E-state index contributed by atoms with van der Waals surface area (Å²) in [4.78, 5) is 54.8. The van der Waals surface area contributed by atoms with Gasteiger partial charge in [0.1, 0.15) is 11.8 Å². The number of amides is 3. The lowest BCUT2D eigenvalue weighted by Crippen LogP contribution is -2.33. The number of anilines is 2. The molecule has 3 atom stereocenters. The molecule has 1 saturated heterocycles. The molecule has 4 aromatic rings. The highest BCUT2D eigenvalue weighted by Gasteiger charge is 2.57. The Morgan fingerprint density at radius 2 is 1.67 bits per heavy atom. The van der Waals surface area contributed by atoms with Gasteiger partial charge in [0.05, 0.1) is 22.2 Å². The first-order valence-electron chi connectivity index (χ1n) is 13.0. The van der Waals surface area contributed by atoms with Crippen LogP contribution in [0.25, 0.3) is 0 Å². The number of imide groups is 1. The number of benzene rings is 3. The molecule has 1 aromatic heterocycles. The summed E-state index contributed by atoms with van der Waals surface area (Å²) in [5.41, 5.74) is 0.983. The molecule has 2 aliphatic rings. The van der Waals surface area contributed by atoms with Crippen LogP contribution in [0, 0.1) is 12.8 Å². The molecule has 2 unspecified atom stereocenters. The summed E-state index contributed by atoms with van der Waals surface area (Å²) in [5, 5.41) is 2.51. The van der Waals surface area contributed by atoms with Gasteiger partial charge in [-0.05, 0) is 55.0 Å². The van der Waals surface area contributed by atoms with Crippen molar-refractivity contribution in [3.05, 3.63) is 109 Å². The Balaban J connectivity index is 1.40. The number of rotatable bonds is 5. The van der Waals surface area contributed by atoms with Crippen molar-refractivity contribution in [1.82, 2.24) is 4.57 Å². The van der Waals surface area contributed by atoms with Crippen LogP contribution >= 0.6 is 34.7 Å². The normalized spacial score (nSPS) is 19.7. The average Bonchev–Trinajstić information content (AvgIpc) is 3.40. The number of aromatic nitrogens is 1. The smallest absolute Gasteiger partial charge is 0.325 e. The molecule has 0 saturated carbocycles. The zero-order valence-electron chi connectivity index (χ0n) is 22.2. The highest BCUT2D eigenvalue weighted by atomic mass is 35.5. The zero-order chi connectivity index (χ0) is 30.6. The second-order valence-corrected chi connectivity index (χ2v) is 12.8. The van der Waals surface area contributed by atoms with Crippen molar-refractivity contribution in [2.75, 3.05) is 10.2 Å².